The van der Waals surface area contributed by atoms with E-state index < -0.39 is 22.9 Å². The highest BCUT2D eigenvalue weighted by atomic mass is 35.5. The first-order valence-electron chi connectivity index (χ1n) is 9.59. The number of nitro benzene ring substituents is 1. The predicted octanol–water partition coefficient (Wildman–Crippen LogP) is 3.96. The van der Waals surface area contributed by atoms with Crippen LogP contribution >= 0.6 is 11.6 Å². The van der Waals surface area contributed by atoms with Gasteiger partial charge in [-0.05, 0) is 68.9 Å². The summed E-state index contributed by atoms with van der Waals surface area (Å²) >= 11 is 6.74. The van der Waals surface area contributed by atoms with Crippen LogP contribution in [-0.4, -0.2) is 28.3 Å². The Labute approximate surface area is 167 Å². The van der Waals surface area contributed by atoms with Crippen molar-refractivity contribution < 1.29 is 19.2 Å². The molecule has 7 nitrogen and oxygen atoms in total. The number of nitro groups is 1. The first kappa shape index (κ1) is 19.2. The number of anilines is 1. The molecule has 4 bridgehead atoms. The number of carbonyl (C=O) groups is 2. The Morgan fingerprint density at radius 2 is 1.96 bits per heavy atom. The van der Waals surface area contributed by atoms with E-state index in [0.29, 0.717) is 23.8 Å². The molecule has 150 valence electrons. The first-order chi connectivity index (χ1) is 13.2. The van der Waals surface area contributed by atoms with E-state index in [-0.39, 0.29) is 22.2 Å². The molecule has 4 aliphatic rings. The number of rotatable bonds is 5. The van der Waals surface area contributed by atoms with Gasteiger partial charge in [-0.3, -0.25) is 19.7 Å². The van der Waals surface area contributed by atoms with Gasteiger partial charge in [0.05, 0.1) is 10.3 Å². The second-order valence-electron chi connectivity index (χ2n) is 8.79. The number of hydrogen-bond donors (Lipinski definition) is 1. The molecule has 4 saturated carbocycles. The fraction of sp³-hybridized carbons (Fsp3) is 0.600. The molecule has 4 atom stereocenters. The van der Waals surface area contributed by atoms with Crippen LogP contribution in [0.15, 0.2) is 18.2 Å². The summed E-state index contributed by atoms with van der Waals surface area (Å²) in [5.74, 6) is -0.0449. The molecule has 0 aromatic heterocycles. The van der Waals surface area contributed by atoms with Crippen LogP contribution in [0.3, 0.4) is 0 Å². The summed E-state index contributed by atoms with van der Waals surface area (Å²) in [5.41, 5.74) is 0.0334. The smallest absolute Gasteiger partial charge is 0.312 e. The molecule has 28 heavy (non-hydrogen) atoms. The first-order valence-corrected chi connectivity index (χ1v) is 9.97. The number of hydrogen-bond acceptors (Lipinski definition) is 5. The number of halogens is 1. The molecular weight excluding hydrogens is 384 g/mol. The maximum absolute atomic E-state index is 12.8. The number of benzene rings is 1. The lowest BCUT2D eigenvalue weighted by Gasteiger charge is -2.58. The fourth-order valence-corrected chi connectivity index (χ4v) is 6.45. The van der Waals surface area contributed by atoms with Gasteiger partial charge in [-0.15, -0.1) is 11.6 Å². The SMILES string of the molecule is Cc1ccc(NC(=O)COC(=O)C23C[C@@H]4C[C@@H](CC(Cl)(C4)C2)C3)c([N+](=O)[O-])c1. The molecule has 1 aromatic carbocycles. The van der Waals surface area contributed by atoms with Crippen molar-refractivity contribution in [3.8, 4) is 0 Å². The maximum atomic E-state index is 12.8. The van der Waals surface area contributed by atoms with Gasteiger partial charge in [0.2, 0.25) is 0 Å². The van der Waals surface area contributed by atoms with Crippen LogP contribution in [0.5, 0.6) is 0 Å². The highest BCUT2D eigenvalue weighted by Crippen LogP contribution is 2.64. The topological polar surface area (TPSA) is 98.5 Å². The van der Waals surface area contributed by atoms with Crippen molar-refractivity contribution in [3.05, 3.63) is 33.9 Å². The Bertz CT molecular complexity index is 841. The lowest BCUT2D eigenvalue weighted by molar-refractivity contribution is -0.384. The van der Waals surface area contributed by atoms with Gasteiger partial charge in [-0.1, -0.05) is 6.07 Å². The van der Waals surface area contributed by atoms with Crippen LogP contribution in [-0.2, 0) is 14.3 Å². The average Bonchev–Trinajstić information content (AvgIpc) is 2.59. The third kappa shape index (κ3) is 3.48. The molecule has 8 heteroatoms. The molecular formula is C20H23ClN2O5. The van der Waals surface area contributed by atoms with Crippen molar-refractivity contribution >= 4 is 34.9 Å². The van der Waals surface area contributed by atoms with Gasteiger partial charge in [-0.2, -0.15) is 0 Å². The van der Waals surface area contributed by atoms with E-state index in [1.54, 1.807) is 13.0 Å². The summed E-state index contributed by atoms with van der Waals surface area (Å²) in [6.07, 6.45) is 5.21. The Balaban J connectivity index is 1.39. The zero-order valence-electron chi connectivity index (χ0n) is 15.7. The molecule has 0 saturated heterocycles. The molecule has 2 unspecified atom stereocenters. The lowest BCUT2D eigenvalue weighted by Crippen LogP contribution is -2.56. The predicted molar refractivity (Wildman–Crippen MR) is 103 cm³/mol. The summed E-state index contributed by atoms with van der Waals surface area (Å²) < 4.78 is 5.35. The van der Waals surface area contributed by atoms with E-state index in [9.17, 15) is 19.7 Å². The monoisotopic (exact) mass is 406 g/mol. The minimum Gasteiger partial charge on any atom is -0.455 e. The normalized spacial score (nSPS) is 32.8. The maximum Gasteiger partial charge on any atom is 0.312 e. The second-order valence-corrected chi connectivity index (χ2v) is 9.60. The van der Waals surface area contributed by atoms with Gasteiger partial charge in [0.15, 0.2) is 6.61 Å². The van der Waals surface area contributed by atoms with Crippen molar-refractivity contribution in [1.29, 1.82) is 0 Å². The Morgan fingerprint density at radius 1 is 1.29 bits per heavy atom. The van der Waals surface area contributed by atoms with Gasteiger partial charge in [0.1, 0.15) is 5.69 Å². The van der Waals surface area contributed by atoms with Gasteiger partial charge < -0.3 is 10.1 Å². The van der Waals surface area contributed by atoms with E-state index in [4.69, 9.17) is 16.3 Å². The minimum absolute atomic E-state index is 0.0890. The van der Waals surface area contributed by atoms with Crippen molar-refractivity contribution in [2.45, 2.75) is 50.3 Å². The average molecular weight is 407 g/mol. The number of alkyl halides is 1. The van der Waals surface area contributed by atoms with Crippen molar-refractivity contribution in [1.82, 2.24) is 0 Å². The zero-order chi connectivity index (χ0) is 20.1. The summed E-state index contributed by atoms with van der Waals surface area (Å²) in [7, 11) is 0. The number of esters is 1. The number of nitrogens with zero attached hydrogens (tertiary/aromatic N) is 1. The molecule has 1 aromatic rings. The lowest BCUT2D eigenvalue weighted by atomic mass is 9.49. The summed E-state index contributed by atoms with van der Waals surface area (Å²) in [6, 6.07) is 4.53. The molecule has 1 amide bonds. The molecule has 1 N–H and O–H groups in total. The van der Waals surface area contributed by atoms with Crippen molar-refractivity contribution in [2.24, 2.45) is 17.3 Å². The number of nitrogens with one attached hydrogen (secondary N) is 1. The highest BCUT2D eigenvalue weighted by molar-refractivity contribution is 6.24. The van der Waals surface area contributed by atoms with E-state index in [0.717, 1.165) is 32.1 Å². The number of amides is 1. The van der Waals surface area contributed by atoms with E-state index in [1.165, 1.54) is 12.1 Å². The van der Waals surface area contributed by atoms with E-state index in [2.05, 4.69) is 5.32 Å². The summed E-state index contributed by atoms with van der Waals surface area (Å²) in [6.45, 7) is 1.27. The van der Waals surface area contributed by atoms with Crippen molar-refractivity contribution in [3.63, 3.8) is 0 Å². The quantitative estimate of drug-likeness (QED) is 0.345. The van der Waals surface area contributed by atoms with Crippen LogP contribution in [0, 0.1) is 34.3 Å². The Hall–Kier alpha value is -2.15. The standard InChI is InChI=1S/C20H23ClN2O5/c1-12-2-3-15(16(4-12)23(26)27)22-17(24)10-28-18(25)19-6-13-5-14(7-19)9-20(21,8-13)11-19/h2-4,13-14H,5-11H2,1H3,(H,22,24)/t13-,14+,19?,20?. The molecule has 0 radical (unpaired) electrons. The van der Waals surface area contributed by atoms with Crippen LogP contribution in [0.1, 0.15) is 44.1 Å². The largest absolute Gasteiger partial charge is 0.455 e. The Kier molecular flexibility index (Phi) is 4.61. The van der Waals surface area contributed by atoms with Crippen LogP contribution in [0.25, 0.3) is 0 Å². The van der Waals surface area contributed by atoms with Gasteiger partial charge in [0, 0.05) is 10.9 Å². The van der Waals surface area contributed by atoms with E-state index in [1.807, 2.05) is 0 Å². The molecule has 4 fully saturated rings. The zero-order valence-corrected chi connectivity index (χ0v) is 16.5. The van der Waals surface area contributed by atoms with Gasteiger partial charge in [-0.25, -0.2) is 0 Å². The molecule has 4 aliphatic carbocycles. The number of ether oxygens (including phenoxy) is 1. The Morgan fingerprint density at radius 3 is 2.57 bits per heavy atom. The third-order valence-electron chi connectivity index (χ3n) is 6.38. The van der Waals surface area contributed by atoms with Crippen molar-refractivity contribution in [2.75, 3.05) is 11.9 Å². The van der Waals surface area contributed by atoms with E-state index >= 15 is 0 Å². The molecule has 0 spiro atoms. The molecule has 5 rings (SSSR count). The highest BCUT2D eigenvalue weighted by Gasteiger charge is 2.60. The number of aryl methyl sites for hydroxylation is 1. The fourth-order valence-electron chi connectivity index (χ4n) is 5.76. The van der Waals surface area contributed by atoms with Crippen LogP contribution in [0.4, 0.5) is 11.4 Å². The van der Waals surface area contributed by atoms with Gasteiger partial charge in [0.25, 0.3) is 11.6 Å². The van der Waals surface area contributed by atoms with Gasteiger partial charge >= 0.3 is 5.97 Å². The van der Waals surface area contributed by atoms with Crippen LogP contribution < -0.4 is 5.32 Å². The van der Waals surface area contributed by atoms with Crippen LogP contribution in [0.2, 0.25) is 0 Å². The molecule has 0 heterocycles. The number of carbonyl (C=O) groups excluding carboxylic acids is 2. The third-order valence-corrected chi connectivity index (χ3v) is 6.82. The molecule has 0 aliphatic heterocycles. The second kappa shape index (κ2) is 6.72. The summed E-state index contributed by atoms with van der Waals surface area (Å²) in [5, 5.41) is 13.6. The summed E-state index contributed by atoms with van der Waals surface area (Å²) in [4.78, 5) is 35.4. The minimum atomic E-state index is -0.592.